The van der Waals surface area contributed by atoms with Gasteiger partial charge in [0.2, 0.25) is 5.78 Å². The van der Waals surface area contributed by atoms with Crippen molar-refractivity contribution in [3.63, 3.8) is 0 Å². The Morgan fingerprint density at radius 2 is 2.35 bits per heavy atom. The molecule has 0 aliphatic heterocycles. The summed E-state index contributed by atoms with van der Waals surface area (Å²) >= 11 is 0. The zero-order chi connectivity index (χ0) is 12.3. The Kier molecular flexibility index (Phi) is 3.22. The second kappa shape index (κ2) is 4.82. The molecule has 0 unspecified atom stereocenters. The largest absolute Gasteiger partial charge is 0.285 e. The van der Waals surface area contributed by atoms with E-state index in [-0.39, 0.29) is 11.4 Å². The van der Waals surface area contributed by atoms with Gasteiger partial charge in [0.15, 0.2) is 5.82 Å². The molecule has 17 heavy (non-hydrogen) atoms. The Labute approximate surface area is 97.3 Å². The van der Waals surface area contributed by atoms with Crippen LogP contribution in [-0.2, 0) is 6.54 Å². The number of ketones is 1. The van der Waals surface area contributed by atoms with Crippen LogP contribution >= 0.6 is 0 Å². The molecule has 0 saturated heterocycles. The summed E-state index contributed by atoms with van der Waals surface area (Å²) in [6, 6.07) is 2.64. The molecule has 5 nitrogen and oxygen atoms in total. The van der Waals surface area contributed by atoms with Gasteiger partial charge in [-0.15, -0.1) is 5.10 Å². The van der Waals surface area contributed by atoms with Crippen molar-refractivity contribution in [2.45, 2.75) is 19.9 Å². The molecule has 2 heterocycles. The first kappa shape index (κ1) is 11.4. The van der Waals surface area contributed by atoms with Gasteiger partial charge in [-0.2, -0.15) is 0 Å². The quantitative estimate of drug-likeness (QED) is 0.751. The number of rotatable bonds is 4. The van der Waals surface area contributed by atoms with Crippen LogP contribution in [0.3, 0.4) is 0 Å². The first-order chi connectivity index (χ1) is 8.24. The summed E-state index contributed by atoms with van der Waals surface area (Å²) in [6.07, 6.45) is 3.52. The molecule has 6 heteroatoms. The van der Waals surface area contributed by atoms with Crippen LogP contribution < -0.4 is 0 Å². The first-order valence-corrected chi connectivity index (χ1v) is 5.27. The molecule has 0 N–H and O–H groups in total. The Morgan fingerprint density at radius 1 is 1.53 bits per heavy atom. The second-order valence-corrected chi connectivity index (χ2v) is 3.51. The van der Waals surface area contributed by atoms with Crippen LogP contribution in [0.15, 0.2) is 24.5 Å². The number of hydrogen-bond donors (Lipinski definition) is 0. The van der Waals surface area contributed by atoms with Crippen LogP contribution in [0.4, 0.5) is 4.39 Å². The molecule has 0 spiro atoms. The normalized spacial score (nSPS) is 10.5. The summed E-state index contributed by atoms with van der Waals surface area (Å²) in [5.74, 6) is -1.14. The zero-order valence-corrected chi connectivity index (χ0v) is 9.30. The van der Waals surface area contributed by atoms with E-state index in [1.165, 1.54) is 29.2 Å². The number of carbonyl (C=O) groups is 1. The number of halogens is 1. The lowest BCUT2D eigenvalue weighted by Gasteiger charge is -2.03. The maximum Gasteiger partial charge on any atom is 0.233 e. The molecule has 88 valence electrons. The van der Waals surface area contributed by atoms with Crippen molar-refractivity contribution < 1.29 is 9.18 Å². The summed E-state index contributed by atoms with van der Waals surface area (Å²) in [5, 5.41) is 7.44. The van der Waals surface area contributed by atoms with Crippen molar-refractivity contribution >= 4 is 5.78 Å². The van der Waals surface area contributed by atoms with Gasteiger partial charge in [0.1, 0.15) is 11.4 Å². The van der Waals surface area contributed by atoms with Crippen LogP contribution in [0.5, 0.6) is 0 Å². The van der Waals surface area contributed by atoms with Gasteiger partial charge < -0.3 is 0 Å². The smallest absolute Gasteiger partial charge is 0.233 e. The minimum absolute atomic E-state index is 0.202. The molecular weight excluding hydrogens is 223 g/mol. The zero-order valence-electron chi connectivity index (χ0n) is 9.30. The highest BCUT2D eigenvalue weighted by atomic mass is 19.1. The maximum absolute atomic E-state index is 13.4. The van der Waals surface area contributed by atoms with Crippen molar-refractivity contribution in [2.24, 2.45) is 0 Å². The van der Waals surface area contributed by atoms with Crippen molar-refractivity contribution in [3.05, 3.63) is 41.7 Å². The number of pyridine rings is 1. The molecular formula is C11H11FN4O. The Bertz CT molecular complexity index is 538. The van der Waals surface area contributed by atoms with Gasteiger partial charge in [-0.05, 0) is 18.6 Å². The van der Waals surface area contributed by atoms with Gasteiger partial charge in [-0.3, -0.25) is 4.79 Å². The summed E-state index contributed by atoms with van der Waals surface area (Å²) in [4.78, 5) is 15.8. The monoisotopic (exact) mass is 234 g/mol. The van der Waals surface area contributed by atoms with Gasteiger partial charge in [-0.1, -0.05) is 12.1 Å². The van der Waals surface area contributed by atoms with Gasteiger partial charge in [0.05, 0.1) is 6.20 Å². The van der Waals surface area contributed by atoms with E-state index >= 15 is 0 Å². The second-order valence-electron chi connectivity index (χ2n) is 3.51. The highest BCUT2D eigenvalue weighted by molar-refractivity contribution is 6.06. The fourth-order valence-electron chi connectivity index (χ4n) is 1.48. The average molecular weight is 234 g/mol. The number of hydrogen-bond acceptors (Lipinski definition) is 4. The van der Waals surface area contributed by atoms with Gasteiger partial charge in [0.25, 0.3) is 0 Å². The molecule has 0 aliphatic rings. The predicted octanol–water partition coefficient (Wildman–Crippen LogP) is 1.45. The summed E-state index contributed by atoms with van der Waals surface area (Å²) < 4.78 is 14.9. The minimum atomic E-state index is -0.637. The van der Waals surface area contributed by atoms with E-state index in [0.29, 0.717) is 6.54 Å². The van der Waals surface area contributed by atoms with Crippen LogP contribution in [0.1, 0.15) is 29.5 Å². The average Bonchev–Trinajstić information content (AvgIpc) is 2.78. The standard InChI is InChI=1S/C11H11FN4O/c1-2-6-16-9(7-14-15-16)11(17)10-8(12)4-3-5-13-10/h3-5,7H,2,6H2,1H3. The number of nitrogens with zero attached hydrogens (tertiary/aromatic N) is 4. The maximum atomic E-state index is 13.4. The molecule has 2 rings (SSSR count). The third-order valence-corrected chi connectivity index (χ3v) is 2.26. The lowest BCUT2D eigenvalue weighted by Crippen LogP contribution is -2.14. The molecule has 2 aromatic rings. The number of aromatic nitrogens is 4. The molecule has 0 saturated carbocycles. The van der Waals surface area contributed by atoms with Crippen molar-refractivity contribution in [1.29, 1.82) is 0 Å². The highest BCUT2D eigenvalue weighted by Gasteiger charge is 2.19. The van der Waals surface area contributed by atoms with E-state index in [0.717, 1.165) is 6.42 Å². The minimum Gasteiger partial charge on any atom is -0.285 e. The van der Waals surface area contributed by atoms with Gasteiger partial charge in [-0.25, -0.2) is 14.1 Å². The third-order valence-electron chi connectivity index (χ3n) is 2.26. The Balaban J connectivity index is 2.37. The van der Waals surface area contributed by atoms with E-state index in [9.17, 15) is 9.18 Å². The number of carbonyl (C=O) groups excluding carboxylic acids is 1. The molecule has 2 aromatic heterocycles. The van der Waals surface area contributed by atoms with E-state index in [1.807, 2.05) is 6.92 Å². The molecule has 0 bridgehead atoms. The van der Waals surface area contributed by atoms with Crippen LogP contribution in [-0.4, -0.2) is 25.8 Å². The van der Waals surface area contributed by atoms with Crippen LogP contribution in [0, 0.1) is 5.82 Å². The predicted molar refractivity (Wildman–Crippen MR) is 57.9 cm³/mol. The Hall–Kier alpha value is -2.11. The van der Waals surface area contributed by atoms with Crippen molar-refractivity contribution in [3.8, 4) is 0 Å². The lowest BCUT2D eigenvalue weighted by atomic mass is 10.2. The Morgan fingerprint density at radius 3 is 3.06 bits per heavy atom. The highest BCUT2D eigenvalue weighted by Crippen LogP contribution is 2.10. The lowest BCUT2D eigenvalue weighted by molar-refractivity contribution is 0.102. The topological polar surface area (TPSA) is 60.7 Å². The molecule has 0 aliphatic carbocycles. The van der Waals surface area contributed by atoms with Crippen molar-refractivity contribution in [1.82, 2.24) is 20.0 Å². The van der Waals surface area contributed by atoms with Crippen LogP contribution in [0.2, 0.25) is 0 Å². The number of aryl methyl sites for hydroxylation is 1. The fourth-order valence-corrected chi connectivity index (χ4v) is 1.48. The van der Waals surface area contributed by atoms with Crippen molar-refractivity contribution in [2.75, 3.05) is 0 Å². The van der Waals surface area contributed by atoms with Crippen LogP contribution in [0.25, 0.3) is 0 Å². The van der Waals surface area contributed by atoms with E-state index in [1.54, 1.807) is 0 Å². The molecule has 0 radical (unpaired) electrons. The summed E-state index contributed by atoms with van der Waals surface area (Å²) in [5.41, 5.74) is 0.0524. The van der Waals surface area contributed by atoms with E-state index in [4.69, 9.17) is 0 Å². The van der Waals surface area contributed by atoms with E-state index in [2.05, 4.69) is 15.3 Å². The summed E-state index contributed by atoms with van der Waals surface area (Å²) in [7, 11) is 0. The van der Waals surface area contributed by atoms with Gasteiger partial charge in [0, 0.05) is 12.7 Å². The fraction of sp³-hybridized carbons (Fsp3) is 0.273. The first-order valence-electron chi connectivity index (χ1n) is 5.27. The summed E-state index contributed by atoms with van der Waals surface area (Å²) in [6.45, 7) is 2.52. The van der Waals surface area contributed by atoms with Gasteiger partial charge >= 0.3 is 0 Å². The van der Waals surface area contributed by atoms with E-state index < -0.39 is 11.6 Å². The SMILES string of the molecule is CCCn1nncc1C(=O)c1ncccc1F. The molecule has 0 atom stereocenters. The third kappa shape index (κ3) is 2.20. The molecule has 0 amide bonds. The molecule has 0 fully saturated rings. The molecule has 0 aromatic carbocycles.